The summed E-state index contributed by atoms with van der Waals surface area (Å²) in [6, 6.07) is 8.72. The number of likely N-dealkylation sites (N-methyl/N-ethyl adjacent to an activating group) is 2. The highest BCUT2D eigenvalue weighted by Crippen LogP contribution is 2.30. The second kappa shape index (κ2) is 40.0. The number of carbonyl (C=O) groups is 12. The molecule has 0 unspecified atom stereocenters. The summed E-state index contributed by atoms with van der Waals surface area (Å²) in [6.07, 6.45) is 3.94. The van der Waals surface area contributed by atoms with Crippen molar-refractivity contribution in [2.75, 3.05) is 53.3 Å². The van der Waals surface area contributed by atoms with Crippen LogP contribution in [-0.4, -0.2) is 199 Å². The molecule has 0 aliphatic carbocycles. The maximum absolute atomic E-state index is 14.9. The molecule has 2 heterocycles. The molecule has 2 aromatic rings. The molecule has 13 amide bonds. The summed E-state index contributed by atoms with van der Waals surface area (Å²) < 4.78 is 17.9. The van der Waals surface area contributed by atoms with Crippen LogP contribution in [0.25, 0.3) is 0 Å². The number of primary amides is 1. The van der Waals surface area contributed by atoms with Gasteiger partial charge in [0, 0.05) is 84.2 Å². The summed E-state index contributed by atoms with van der Waals surface area (Å²) in [5.41, 5.74) is 6.42. The van der Waals surface area contributed by atoms with E-state index in [-0.39, 0.29) is 87.3 Å². The molecule has 0 bridgehead atoms. The third-order valence-electron chi connectivity index (χ3n) is 18.1. The van der Waals surface area contributed by atoms with Gasteiger partial charge in [0.25, 0.3) is 11.8 Å². The van der Waals surface area contributed by atoms with Crippen LogP contribution in [0.5, 0.6) is 0 Å². The van der Waals surface area contributed by atoms with Crippen molar-refractivity contribution in [1.29, 1.82) is 0 Å². The molecular weight excluding hydrogens is 1270 g/mol. The minimum Gasteiger partial charge on any atom is -0.445 e. The summed E-state index contributed by atoms with van der Waals surface area (Å²) in [7, 11) is 6.06. The van der Waals surface area contributed by atoms with Crippen LogP contribution in [0, 0.1) is 29.6 Å². The van der Waals surface area contributed by atoms with Gasteiger partial charge in [0.15, 0.2) is 0 Å². The largest absolute Gasteiger partial charge is 0.445 e. The van der Waals surface area contributed by atoms with Gasteiger partial charge in [-0.15, -0.1) is 0 Å². The van der Waals surface area contributed by atoms with E-state index < -0.39 is 125 Å². The molecule has 0 spiro atoms. The molecule has 99 heavy (non-hydrogen) atoms. The van der Waals surface area contributed by atoms with E-state index in [9.17, 15) is 57.5 Å². The van der Waals surface area contributed by atoms with Crippen molar-refractivity contribution in [1.82, 2.24) is 51.5 Å². The molecule has 11 atom stereocenters. The number of carbonyl (C=O) groups excluding carboxylic acids is 12. The van der Waals surface area contributed by atoms with Gasteiger partial charge < -0.3 is 67.0 Å². The summed E-state index contributed by atoms with van der Waals surface area (Å²) >= 11 is 0. The monoisotopic (exact) mass is 1380 g/mol. The number of urea groups is 1. The molecule has 27 nitrogen and oxygen atoms in total. The van der Waals surface area contributed by atoms with Gasteiger partial charge in [-0.05, 0) is 106 Å². The second-order valence-electron chi connectivity index (χ2n) is 28.1. The average molecular weight is 1390 g/mol. The second-order valence-corrected chi connectivity index (χ2v) is 28.1. The van der Waals surface area contributed by atoms with E-state index >= 15 is 0 Å². The van der Waals surface area contributed by atoms with E-state index in [1.54, 1.807) is 89.6 Å². The molecule has 9 N–H and O–H groups in total. The minimum atomic E-state index is -1.12. The van der Waals surface area contributed by atoms with Gasteiger partial charge in [0.1, 0.15) is 36.8 Å². The summed E-state index contributed by atoms with van der Waals surface area (Å²) in [5, 5.41) is 19.7. The van der Waals surface area contributed by atoms with E-state index in [4.69, 9.17) is 19.9 Å². The van der Waals surface area contributed by atoms with Crippen molar-refractivity contribution in [3.8, 4) is 0 Å². The summed E-state index contributed by atoms with van der Waals surface area (Å²) in [4.78, 5) is 167. The van der Waals surface area contributed by atoms with E-state index in [1.807, 2.05) is 65.0 Å². The normalized spacial score (nSPS) is 16.9. The molecule has 2 aromatic carbocycles. The van der Waals surface area contributed by atoms with Crippen molar-refractivity contribution in [2.45, 2.75) is 220 Å². The molecule has 2 aliphatic heterocycles. The number of nitrogens with two attached hydrogens (primary N) is 1. The Morgan fingerprint density at radius 2 is 1.30 bits per heavy atom. The summed E-state index contributed by atoms with van der Waals surface area (Å²) in [5.74, 6) is -6.59. The number of hydrogen-bond acceptors (Lipinski definition) is 15. The highest BCUT2D eigenvalue weighted by molar-refractivity contribution is 6.12. The number of hydrogen-bond donors (Lipinski definition) is 8. The van der Waals surface area contributed by atoms with E-state index in [1.165, 1.54) is 38.3 Å². The van der Waals surface area contributed by atoms with E-state index in [0.29, 0.717) is 56.3 Å². The fourth-order valence-electron chi connectivity index (χ4n) is 12.5. The fraction of sp³-hybridized carbons (Fsp3) is 0.639. The number of nitrogens with one attached hydrogen (secondary N) is 7. The van der Waals surface area contributed by atoms with Crippen LogP contribution in [-0.2, 0) is 75.2 Å². The van der Waals surface area contributed by atoms with Crippen molar-refractivity contribution in [2.24, 2.45) is 35.3 Å². The van der Waals surface area contributed by atoms with Gasteiger partial charge in [-0.25, -0.2) is 9.59 Å². The highest BCUT2D eigenvalue weighted by atomic mass is 16.6. The number of likely N-dealkylation sites (tertiary alicyclic amines) is 1. The molecular formula is C72H112N12O15. The fourth-order valence-corrected chi connectivity index (χ4v) is 12.5. The van der Waals surface area contributed by atoms with Crippen LogP contribution in [0.2, 0.25) is 0 Å². The lowest BCUT2D eigenvalue weighted by Gasteiger charge is -2.41. The molecule has 550 valence electrons. The molecule has 1 fully saturated rings. The number of imide groups is 1. The van der Waals surface area contributed by atoms with E-state index in [0.717, 1.165) is 10.5 Å². The maximum Gasteiger partial charge on any atom is 0.410 e. The van der Waals surface area contributed by atoms with Crippen molar-refractivity contribution < 1.29 is 71.7 Å². The Morgan fingerprint density at radius 1 is 0.677 bits per heavy atom. The number of rotatable bonds is 39. The van der Waals surface area contributed by atoms with Gasteiger partial charge in [0.05, 0.1) is 36.6 Å². The molecule has 2 aliphatic rings. The Morgan fingerprint density at radius 3 is 1.87 bits per heavy atom. The van der Waals surface area contributed by atoms with Crippen LogP contribution in [0.15, 0.2) is 66.7 Å². The molecule has 27 heteroatoms. The lowest BCUT2D eigenvalue weighted by molar-refractivity contribution is -0.148. The first-order chi connectivity index (χ1) is 46.6. The average Bonchev–Trinajstić information content (AvgIpc) is 1.75. The zero-order valence-corrected chi connectivity index (χ0v) is 61.0. The Kier molecular flexibility index (Phi) is 33.5. The Labute approximate surface area is 584 Å². The number of unbranched alkanes of at least 4 members (excludes halogenated alkanes) is 2. The predicted molar refractivity (Wildman–Crippen MR) is 374 cm³/mol. The quantitative estimate of drug-likeness (QED) is 0.0303. The number of amides is 13. The summed E-state index contributed by atoms with van der Waals surface area (Å²) in [6.45, 7) is 22.4. The van der Waals surface area contributed by atoms with Crippen molar-refractivity contribution in [3.05, 3.63) is 77.9 Å². The first kappa shape index (κ1) is 83.0. The number of anilines is 1. The van der Waals surface area contributed by atoms with Gasteiger partial charge >= 0.3 is 12.1 Å². The van der Waals surface area contributed by atoms with Gasteiger partial charge in [-0.2, -0.15) is 0 Å². The standard InChI is InChI=1S/C72H112N12O15/c1-17-46(8)62(54(97-15)41-58(88)83-39-25-29-53(83)63(98-16)47(9)64(89)77-52(66(91)80-72(10,11)12)40-48-26-20-18-21-27-48)81(13)69(94)60(44(4)5)79-68(93)61(45(6)7)82(14)71(96)99-42-49-31-33-50(34-32-49)75-65(90)51(28-24-37-74-70(73)95)76-67(92)59(43(2)3)78-55(85)30-22-19-23-38-84-56(86)35-36-57(84)87/h18,20-21,26-27,31-36,43-47,51-54,59-63H,17,19,22-25,28-30,37-42H2,1-16H3,(H,75,90)(H,76,92)(H,77,89)(H,78,85)(H,79,93)(H,80,91)(H3,73,74,95)/t46-,47+,51-,52-,53-,54+,59-,60-,61-,62-,63+/m0/s1. The third kappa shape index (κ3) is 25.7. The SMILES string of the molecule is CC[C@H](C)[C@@H]([C@@H](CC(=O)N1CCC[C@H]1[C@H](OC)[C@@H](C)C(=O)N[C@@H](Cc1ccccc1)C(=O)NC(C)(C)C)OC)N(C)C(=O)[C@@H](NC(=O)[C@H](C(C)C)N(C)C(=O)OCc1ccc(NC(=O)[C@H](CCCNC(N)=O)NC(=O)[C@@H](NC(=O)CCCCCN2C(=O)C=CC2=O)C(C)C)cc1)C(C)C. The van der Waals surface area contributed by atoms with Gasteiger partial charge in [0.2, 0.25) is 47.3 Å². The number of ether oxygens (including phenoxy) is 3. The zero-order valence-electron chi connectivity index (χ0n) is 61.0. The molecule has 1 saturated heterocycles. The van der Waals surface area contributed by atoms with Crippen molar-refractivity contribution >= 4 is 76.9 Å². The van der Waals surface area contributed by atoms with Crippen molar-refractivity contribution in [3.63, 3.8) is 0 Å². The van der Waals surface area contributed by atoms with Gasteiger partial charge in [-0.1, -0.05) is 118 Å². The number of methoxy groups -OCH3 is 2. The smallest absolute Gasteiger partial charge is 0.410 e. The predicted octanol–water partition coefficient (Wildman–Crippen LogP) is 5.48. The molecule has 0 saturated carbocycles. The van der Waals surface area contributed by atoms with Crippen LogP contribution < -0.4 is 43.0 Å². The number of nitrogens with zero attached hydrogens (tertiary/aromatic N) is 4. The Bertz CT molecular complexity index is 3070. The third-order valence-corrected chi connectivity index (χ3v) is 18.1. The molecule has 4 rings (SSSR count). The Hall–Kier alpha value is -8.46. The van der Waals surface area contributed by atoms with Gasteiger partial charge in [-0.3, -0.25) is 57.7 Å². The lowest BCUT2D eigenvalue weighted by atomic mass is 9.89. The van der Waals surface area contributed by atoms with Crippen LogP contribution in [0.4, 0.5) is 15.3 Å². The topological polar surface area (TPSA) is 356 Å². The van der Waals surface area contributed by atoms with Crippen LogP contribution in [0.3, 0.4) is 0 Å². The first-order valence-corrected chi connectivity index (χ1v) is 34.7. The maximum atomic E-state index is 14.9. The zero-order chi connectivity index (χ0) is 74.0. The highest BCUT2D eigenvalue weighted by Gasteiger charge is 2.44. The van der Waals surface area contributed by atoms with Crippen LogP contribution in [0.1, 0.15) is 158 Å². The van der Waals surface area contributed by atoms with Crippen LogP contribution >= 0.6 is 0 Å². The minimum absolute atomic E-state index is 0.0811. The first-order valence-electron chi connectivity index (χ1n) is 34.7. The lowest BCUT2D eigenvalue weighted by Crippen LogP contribution is -2.60. The number of benzene rings is 2. The van der Waals surface area contributed by atoms with E-state index in [2.05, 4.69) is 37.2 Å². The Balaban J connectivity index is 1.39. The molecule has 0 radical (unpaired) electrons. The molecule has 0 aromatic heterocycles.